The standard InChI is InChI=1S/C15H15ClN2O2/c1-2-11-4-6-13(19-11)15(18-17)14-8-9-7-10(16)3-5-12(9)20-14/h3-8,15,18H,2,17H2,1H3. The highest BCUT2D eigenvalue weighted by molar-refractivity contribution is 6.31. The van der Waals surface area contributed by atoms with E-state index >= 15 is 0 Å². The zero-order valence-electron chi connectivity index (χ0n) is 11.0. The summed E-state index contributed by atoms with van der Waals surface area (Å²) in [6, 6.07) is 10.9. The van der Waals surface area contributed by atoms with Crippen LogP contribution in [0.15, 0.2) is 45.2 Å². The Balaban J connectivity index is 2.02. The number of hydrazine groups is 1. The van der Waals surface area contributed by atoms with Gasteiger partial charge in [-0.2, -0.15) is 0 Å². The van der Waals surface area contributed by atoms with E-state index in [4.69, 9.17) is 26.3 Å². The smallest absolute Gasteiger partial charge is 0.137 e. The van der Waals surface area contributed by atoms with E-state index in [1.165, 1.54) is 0 Å². The predicted molar refractivity (Wildman–Crippen MR) is 78.5 cm³/mol. The van der Waals surface area contributed by atoms with Gasteiger partial charge in [0, 0.05) is 16.8 Å². The van der Waals surface area contributed by atoms with E-state index < -0.39 is 0 Å². The van der Waals surface area contributed by atoms with Gasteiger partial charge in [-0.25, -0.2) is 5.43 Å². The Kier molecular flexibility index (Phi) is 3.53. The second-order valence-electron chi connectivity index (χ2n) is 4.59. The number of nitrogens with two attached hydrogens (primary N) is 1. The number of hydrogen-bond acceptors (Lipinski definition) is 4. The molecule has 3 rings (SSSR count). The van der Waals surface area contributed by atoms with Crippen molar-refractivity contribution in [1.29, 1.82) is 0 Å². The number of fused-ring (bicyclic) bond motifs is 1. The predicted octanol–water partition coefficient (Wildman–Crippen LogP) is 3.79. The first-order chi connectivity index (χ1) is 9.71. The lowest BCUT2D eigenvalue weighted by Crippen LogP contribution is -2.28. The number of furan rings is 2. The first-order valence-electron chi connectivity index (χ1n) is 6.45. The summed E-state index contributed by atoms with van der Waals surface area (Å²) >= 11 is 5.98. The molecule has 1 unspecified atom stereocenters. The van der Waals surface area contributed by atoms with Crippen molar-refractivity contribution in [2.75, 3.05) is 0 Å². The van der Waals surface area contributed by atoms with Gasteiger partial charge in [0.25, 0.3) is 0 Å². The molecular formula is C15H15ClN2O2. The van der Waals surface area contributed by atoms with Crippen LogP contribution in [0.4, 0.5) is 0 Å². The lowest BCUT2D eigenvalue weighted by Gasteiger charge is -2.09. The third kappa shape index (κ3) is 2.33. The van der Waals surface area contributed by atoms with Crippen LogP contribution in [0, 0.1) is 0 Å². The minimum atomic E-state index is -0.318. The molecule has 0 radical (unpaired) electrons. The van der Waals surface area contributed by atoms with Gasteiger partial charge in [0.05, 0.1) is 0 Å². The van der Waals surface area contributed by atoms with Gasteiger partial charge >= 0.3 is 0 Å². The summed E-state index contributed by atoms with van der Waals surface area (Å²) < 4.78 is 11.5. The maximum atomic E-state index is 5.98. The molecule has 2 heterocycles. The highest BCUT2D eigenvalue weighted by Gasteiger charge is 2.20. The molecule has 20 heavy (non-hydrogen) atoms. The fourth-order valence-corrected chi connectivity index (χ4v) is 2.40. The minimum Gasteiger partial charge on any atom is -0.464 e. The second kappa shape index (κ2) is 5.32. The van der Waals surface area contributed by atoms with E-state index in [9.17, 15) is 0 Å². The molecular weight excluding hydrogens is 276 g/mol. The Bertz CT molecular complexity index is 732. The molecule has 2 aromatic heterocycles. The van der Waals surface area contributed by atoms with Crippen molar-refractivity contribution in [3.8, 4) is 0 Å². The van der Waals surface area contributed by atoms with Crippen LogP contribution in [-0.4, -0.2) is 0 Å². The van der Waals surface area contributed by atoms with Crippen molar-refractivity contribution >= 4 is 22.6 Å². The highest BCUT2D eigenvalue weighted by atomic mass is 35.5. The summed E-state index contributed by atoms with van der Waals surface area (Å²) in [5.74, 6) is 7.99. The van der Waals surface area contributed by atoms with Crippen LogP contribution in [-0.2, 0) is 6.42 Å². The molecule has 0 saturated carbocycles. The van der Waals surface area contributed by atoms with Gasteiger partial charge < -0.3 is 8.83 Å². The summed E-state index contributed by atoms with van der Waals surface area (Å²) in [4.78, 5) is 0. The van der Waals surface area contributed by atoms with E-state index in [1.807, 2.05) is 37.3 Å². The zero-order chi connectivity index (χ0) is 14.1. The maximum Gasteiger partial charge on any atom is 0.137 e. The van der Waals surface area contributed by atoms with Crippen LogP contribution < -0.4 is 11.3 Å². The molecule has 3 aromatic rings. The van der Waals surface area contributed by atoms with Crippen molar-refractivity contribution in [2.45, 2.75) is 19.4 Å². The van der Waals surface area contributed by atoms with Crippen LogP contribution in [0.2, 0.25) is 5.02 Å². The topological polar surface area (TPSA) is 64.3 Å². The number of hydrogen-bond donors (Lipinski definition) is 2. The van der Waals surface area contributed by atoms with Gasteiger partial charge in [-0.3, -0.25) is 5.84 Å². The molecule has 0 fully saturated rings. The van der Waals surface area contributed by atoms with Crippen molar-refractivity contribution in [3.63, 3.8) is 0 Å². The average molecular weight is 291 g/mol. The number of rotatable bonds is 4. The van der Waals surface area contributed by atoms with E-state index in [2.05, 4.69) is 5.43 Å². The Hall–Kier alpha value is -1.75. The van der Waals surface area contributed by atoms with E-state index in [0.717, 1.165) is 28.9 Å². The highest BCUT2D eigenvalue weighted by Crippen LogP contribution is 2.30. The summed E-state index contributed by atoms with van der Waals surface area (Å²) in [5, 5.41) is 1.61. The Morgan fingerprint density at radius 2 is 2.00 bits per heavy atom. The van der Waals surface area contributed by atoms with Gasteiger partial charge in [0.1, 0.15) is 28.9 Å². The lowest BCUT2D eigenvalue weighted by molar-refractivity contribution is 0.389. The van der Waals surface area contributed by atoms with Crippen molar-refractivity contribution in [3.05, 3.63) is 58.7 Å². The number of nitrogens with one attached hydrogen (secondary N) is 1. The maximum absolute atomic E-state index is 5.98. The summed E-state index contributed by atoms with van der Waals surface area (Å²) in [6.45, 7) is 2.04. The average Bonchev–Trinajstić information content (AvgIpc) is 3.06. The fourth-order valence-electron chi connectivity index (χ4n) is 2.22. The Morgan fingerprint density at radius 1 is 1.15 bits per heavy atom. The van der Waals surface area contributed by atoms with Crippen LogP contribution in [0.1, 0.15) is 30.2 Å². The van der Waals surface area contributed by atoms with Crippen LogP contribution in [0.3, 0.4) is 0 Å². The minimum absolute atomic E-state index is 0.318. The number of aryl methyl sites for hydroxylation is 1. The van der Waals surface area contributed by atoms with Gasteiger partial charge in [-0.15, -0.1) is 0 Å². The van der Waals surface area contributed by atoms with E-state index in [1.54, 1.807) is 6.07 Å². The molecule has 0 aliphatic heterocycles. The Morgan fingerprint density at radius 3 is 2.70 bits per heavy atom. The molecule has 1 aromatic carbocycles. The molecule has 0 spiro atoms. The number of benzene rings is 1. The monoisotopic (exact) mass is 290 g/mol. The molecule has 0 aliphatic carbocycles. The van der Waals surface area contributed by atoms with Gasteiger partial charge in [-0.1, -0.05) is 18.5 Å². The first-order valence-corrected chi connectivity index (χ1v) is 6.82. The molecule has 1 atom stereocenters. The molecule has 104 valence electrons. The molecule has 0 bridgehead atoms. The summed E-state index contributed by atoms with van der Waals surface area (Å²) in [5.41, 5.74) is 3.50. The van der Waals surface area contributed by atoms with Gasteiger partial charge in [0.2, 0.25) is 0 Å². The van der Waals surface area contributed by atoms with Crippen LogP contribution in [0.5, 0.6) is 0 Å². The third-order valence-electron chi connectivity index (χ3n) is 3.26. The molecule has 3 N–H and O–H groups in total. The lowest BCUT2D eigenvalue weighted by atomic mass is 10.1. The van der Waals surface area contributed by atoms with Gasteiger partial charge in [0.15, 0.2) is 0 Å². The SMILES string of the molecule is CCc1ccc(C(NN)c2cc3cc(Cl)ccc3o2)o1. The Labute approximate surface area is 121 Å². The summed E-state index contributed by atoms with van der Waals surface area (Å²) in [7, 11) is 0. The normalized spacial score (nSPS) is 12.9. The number of halogens is 1. The van der Waals surface area contributed by atoms with Crippen molar-refractivity contribution in [1.82, 2.24) is 5.43 Å². The largest absolute Gasteiger partial charge is 0.464 e. The van der Waals surface area contributed by atoms with Gasteiger partial charge in [-0.05, 0) is 36.4 Å². The molecule has 4 nitrogen and oxygen atoms in total. The third-order valence-corrected chi connectivity index (χ3v) is 3.50. The quantitative estimate of drug-likeness (QED) is 0.567. The van der Waals surface area contributed by atoms with Crippen molar-refractivity contribution in [2.24, 2.45) is 5.84 Å². The zero-order valence-corrected chi connectivity index (χ0v) is 11.8. The first kappa shape index (κ1) is 13.2. The summed E-state index contributed by atoms with van der Waals surface area (Å²) in [6.07, 6.45) is 0.840. The van der Waals surface area contributed by atoms with E-state index in [-0.39, 0.29) is 6.04 Å². The molecule has 0 saturated heterocycles. The van der Waals surface area contributed by atoms with Crippen molar-refractivity contribution < 1.29 is 8.83 Å². The van der Waals surface area contributed by atoms with Crippen LogP contribution in [0.25, 0.3) is 11.0 Å². The second-order valence-corrected chi connectivity index (χ2v) is 5.02. The molecule has 5 heteroatoms. The van der Waals surface area contributed by atoms with Crippen LogP contribution >= 0.6 is 11.6 Å². The molecule has 0 amide bonds. The van der Waals surface area contributed by atoms with E-state index in [0.29, 0.717) is 10.8 Å². The molecule has 0 aliphatic rings. The fraction of sp³-hybridized carbons (Fsp3) is 0.200.